The Kier molecular flexibility index (Phi) is 5.00. The summed E-state index contributed by atoms with van der Waals surface area (Å²) in [6.07, 6.45) is 0.523. The molecule has 0 saturated carbocycles. The van der Waals surface area contributed by atoms with Gasteiger partial charge in [-0.15, -0.1) is 0 Å². The van der Waals surface area contributed by atoms with Crippen molar-refractivity contribution in [1.82, 2.24) is 5.32 Å². The normalized spacial score (nSPS) is 11.3. The number of nitrogens with one attached hydrogen (secondary N) is 1. The van der Waals surface area contributed by atoms with Crippen LogP contribution in [0.15, 0.2) is 24.3 Å². The third-order valence-electron chi connectivity index (χ3n) is 2.98. The summed E-state index contributed by atoms with van der Waals surface area (Å²) >= 11 is 0. The van der Waals surface area contributed by atoms with Crippen molar-refractivity contribution in [3.05, 3.63) is 39.9 Å². The van der Waals surface area contributed by atoms with E-state index in [-0.39, 0.29) is 5.69 Å². The largest absolute Gasteiger partial charge is 0.481 e. The first kappa shape index (κ1) is 15.1. The molecule has 0 unspecified atom stereocenters. The minimum absolute atomic E-state index is 0.0655. The SMILES string of the molecule is CC(C)(CCNCc1ccc([N+](=O)[O-])cc1)C(=O)O. The van der Waals surface area contributed by atoms with Crippen LogP contribution in [0.4, 0.5) is 5.69 Å². The average Bonchev–Trinajstić information content (AvgIpc) is 2.35. The first-order chi connectivity index (χ1) is 8.83. The quantitative estimate of drug-likeness (QED) is 0.448. The first-order valence-corrected chi connectivity index (χ1v) is 6.00. The number of rotatable bonds is 7. The fourth-order valence-electron chi connectivity index (χ4n) is 1.48. The molecule has 0 saturated heterocycles. The van der Waals surface area contributed by atoms with Crippen LogP contribution < -0.4 is 5.32 Å². The second kappa shape index (κ2) is 6.29. The summed E-state index contributed by atoms with van der Waals surface area (Å²) in [5.74, 6) is -0.815. The highest BCUT2D eigenvalue weighted by atomic mass is 16.6. The molecule has 0 radical (unpaired) electrons. The van der Waals surface area contributed by atoms with E-state index in [0.717, 1.165) is 5.56 Å². The zero-order valence-electron chi connectivity index (χ0n) is 11.0. The second-order valence-electron chi connectivity index (χ2n) is 5.04. The number of carboxylic acid groups (broad SMARTS) is 1. The van der Waals surface area contributed by atoms with E-state index in [0.29, 0.717) is 19.5 Å². The summed E-state index contributed by atoms with van der Waals surface area (Å²) in [5.41, 5.74) is 0.247. The number of nitro benzene ring substituents is 1. The van der Waals surface area contributed by atoms with Crippen molar-refractivity contribution in [2.45, 2.75) is 26.8 Å². The van der Waals surface area contributed by atoms with Crippen LogP contribution in [0.2, 0.25) is 0 Å². The van der Waals surface area contributed by atoms with Crippen molar-refractivity contribution in [2.24, 2.45) is 5.41 Å². The Morgan fingerprint density at radius 3 is 2.42 bits per heavy atom. The van der Waals surface area contributed by atoms with Crippen molar-refractivity contribution < 1.29 is 14.8 Å². The Hall–Kier alpha value is -1.95. The number of carboxylic acids is 1. The molecule has 0 bridgehead atoms. The molecule has 0 heterocycles. The molecular formula is C13H18N2O4. The van der Waals surface area contributed by atoms with Crippen LogP contribution in [0.5, 0.6) is 0 Å². The maximum absolute atomic E-state index is 10.9. The van der Waals surface area contributed by atoms with Crippen LogP contribution in [0.1, 0.15) is 25.8 Å². The Morgan fingerprint density at radius 2 is 1.95 bits per heavy atom. The molecule has 1 aromatic rings. The predicted octanol–water partition coefficient (Wildman–Crippen LogP) is 2.19. The van der Waals surface area contributed by atoms with Gasteiger partial charge >= 0.3 is 5.97 Å². The molecule has 0 aromatic heterocycles. The molecule has 0 fully saturated rings. The molecule has 0 amide bonds. The number of aliphatic carboxylic acids is 1. The van der Waals surface area contributed by atoms with Gasteiger partial charge in [0.15, 0.2) is 0 Å². The highest BCUT2D eigenvalue weighted by Gasteiger charge is 2.25. The highest BCUT2D eigenvalue weighted by molar-refractivity contribution is 5.73. The minimum Gasteiger partial charge on any atom is -0.481 e. The van der Waals surface area contributed by atoms with E-state index in [1.807, 2.05) is 0 Å². The number of nitrogens with zero attached hydrogens (tertiary/aromatic N) is 1. The molecule has 0 atom stereocenters. The standard InChI is InChI=1S/C13H18N2O4/c1-13(2,12(16)17)7-8-14-9-10-3-5-11(6-4-10)15(18)19/h3-6,14H,7-9H2,1-2H3,(H,16,17). The Labute approximate surface area is 111 Å². The van der Waals surface area contributed by atoms with E-state index < -0.39 is 16.3 Å². The number of hydrogen-bond acceptors (Lipinski definition) is 4. The van der Waals surface area contributed by atoms with Gasteiger partial charge in [0.1, 0.15) is 0 Å². The van der Waals surface area contributed by atoms with Crippen LogP contribution in [0, 0.1) is 15.5 Å². The Bertz CT molecular complexity index is 454. The molecule has 0 aliphatic heterocycles. The Balaban J connectivity index is 2.38. The van der Waals surface area contributed by atoms with Gasteiger partial charge in [-0.05, 0) is 32.4 Å². The lowest BCUT2D eigenvalue weighted by Crippen LogP contribution is -2.28. The second-order valence-corrected chi connectivity index (χ2v) is 5.04. The van der Waals surface area contributed by atoms with E-state index in [9.17, 15) is 14.9 Å². The molecule has 6 nitrogen and oxygen atoms in total. The van der Waals surface area contributed by atoms with Gasteiger partial charge in [-0.25, -0.2) is 0 Å². The molecule has 19 heavy (non-hydrogen) atoms. The molecule has 6 heteroatoms. The van der Waals surface area contributed by atoms with Crippen LogP contribution in [-0.4, -0.2) is 22.5 Å². The summed E-state index contributed by atoms with van der Waals surface area (Å²) in [5, 5.41) is 22.6. The predicted molar refractivity (Wildman–Crippen MR) is 70.8 cm³/mol. The van der Waals surface area contributed by atoms with Gasteiger partial charge in [0.2, 0.25) is 0 Å². The van der Waals surface area contributed by atoms with E-state index >= 15 is 0 Å². The third kappa shape index (κ3) is 4.67. The lowest BCUT2D eigenvalue weighted by molar-refractivity contribution is -0.384. The van der Waals surface area contributed by atoms with Crippen LogP contribution in [0.25, 0.3) is 0 Å². The van der Waals surface area contributed by atoms with E-state index in [2.05, 4.69) is 5.32 Å². The van der Waals surface area contributed by atoms with Crippen LogP contribution in [0.3, 0.4) is 0 Å². The van der Waals surface area contributed by atoms with Crippen molar-refractivity contribution in [3.63, 3.8) is 0 Å². The molecule has 1 rings (SSSR count). The van der Waals surface area contributed by atoms with Crippen molar-refractivity contribution >= 4 is 11.7 Å². The zero-order chi connectivity index (χ0) is 14.5. The summed E-state index contributed by atoms with van der Waals surface area (Å²) in [6, 6.07) is 6.29. The van der Waals surface area contributed by atoms with Gasteiger partial charge in [-0.3, -0.25) is 14.9 Å². The number of nitro groups is 1. The smallest absolute Gasteiger partial charge is 0.309 e. The molecule has 2 N–H and O–H groups in total. The molecule has 1 aromatic carbocycles. The van der Waals surface area contributed by atoms with Crippen LogP contribution >= 0.6 is 0 Å². The summed E-state index contributed by atoms with van der Waals surface area (Å²) < 4.78 is 0. The van der Waals surface area contributed by atoms with Gasteiger partial charge in [-0.1, -0.05) is 12.1 Å². The lowest BCUT2D eigenvalue weighted by atomic mass is 9.90. The van der Waals surface area contributed by atoms with Gasteiger partial charge in [0.05, 0.1) is 10.3 Å². The topological polar surface area (TPSA) is 92.5 Å². The summed E-state index contributed by atoms with van der Waals surface area (Å²) in [7, 11) is 0. The molecule has 104 valence electrons. The maximum atomic E-state index is 10.9. The van der Waals surface area contributed by atoms with E-state index in [1.54, 1.807) is 26.0 Å². The monoisotopic (exact) mass is 266 g/mol. The third-order valence-corrected chi connectivity index (χ3v) is 2.98. The number of carbonyl (C=O) groups is 1. The lowest BCUT2D eigenvalue weighted by Gasteiger charge is -2.18. The van der Waals surface area contributed by atoms with E-state index in [1.165, 1.54) is 12.1 Å². The van der Waals surface area contributed by atoms with Gasteiger partial charge in [0, 0.05) is 18.7 Å². The maximum Gasteiger partial charge on any atom is 0.309 e. The number of non-ortho nitro benzene ring substituents is 1. The number of hydrogen-bond donors (Lipinski definition) is 2. The van der Waals surface area contributed by atoms with Gasteiger partial charge in [0.25, 0.3) is 5.69 Å². The van der Waals surface area contributed by atoms with Crippen molar-refractivity contribution in [2.75, 3.05) is 6.54 Å². The minimum atomic E-state index is -0.815. The van der Waals surface area contributed by atoms with Crippen molar-refractivity contribution in [3.8, 4) is 0 Å². The summed E-state index contributed by atoms with van der Waals surface area (Å²) in [4.78, 5) is 20.9. The summed E-state index contributed by atoms with van der Waals surface area (Å²) in [6.45, 7) is 4.51. The average molecular weight is 266 g/mol. The van der Waals surface area contributed by atoms with E-state index in [4.69, 9.17) is 5.11 Å². The highest BCUT2D eigenvalue weighted by Crippen LogP contribution is 2.19. The Morgan fingerprint density at radius 1 is 1.37 bits per heavy atom. The van der Waals surface area contributed by atoms with Gasteiger partial charge in [-0.2, -0.15) is 0 Å². The molecule has 0 spiro atoms. The fraction of sp³-hybridized carbons (Fsp3) is 0.462. The fourth-order valence-corrected chi connectivity index (χ4v) is 1.48. The molecule has 0 aliphatic rings. The van der Waals surface area contributed by atoms with Gasteiger partial charge < -0.3 is 10.4 Å². The first-order valence-electron chi connectivity index (χ1n) is 6.00. The zero-order valence-corrected chi connectivity index (χ0v) is 11.0. The van der Waals surface area contributed by atoms with Crippen molar-refractivity contribution in [1.29, 1.82) is 0 Å². The van der Waals surface area contributed by atoms with Crippen LogP contribution in [-0.2, 0) is 11.3 Å². The molecule has 0 aliphatic carbocycles. The number of benzene rings is 1. The molecular weight excluding hydrogens is 248 g/mol.